The topological polar surface area (TPSA) is 97.7 Å². The van der Waals surface area contributed by atoms with Crippen LogP contribution in [0.5, 0.6) is 0 Å². The van der Waals surface area contributed by atoms with Crippen LogP contribution in [0.3, 0.4) is 0 Å². The monoisotopic (exact) mass is 338 g/mol. The Morgan fingerprint density at radius 3 is 2.59 bits per heavy atom. The van der Waals surface area contributed by atoms with Gasteiger partial charge in [-0.25, -0.2) is 0 Å². The fourth-order valence-corrected chi connectivity index (χ4v) is 4.52. The molecule has 0 aliphatic heterocycles. The Balaban J connectivity index is 1.70. The molecular weight excluding hydrogens is 322 g/mol. The molecule has 0 aromatic heterocycles. The van der Waals surface area contributed by atoms with Crippen LogP contribution < -0.4 is 0 Å². The normalized spacial score (nSPS) is 37.4. The minimum Gasteiger partial charge on any atom is -0.458 e. The van der Waals surface area contributed by atoms with E-state index in [1.165, 1.54) is 0 Å². The quantitative estimate of drug-likeness (QED) is 0.612. The first kappa shape index (κ1) is 15.8. The van der Waals surface area contributed by atoms with Gasteiger partial charge in [0.15, 0.2) is 6.61 Å². The molecule has 22 heavy (non-hydrogen) atoms. The zero-order valence-corrected chi connectivity index (χ0v) is 12.4. The van der Waals surface area contributed by atoms with Gasteiger partial charge in [-0.2, -0.15) is 17.2 Å². The van der Waals surface area contributed by atoms with Gasteiger partial charge in [0.05, 0.1) is 5.92 Å². The van der Waals surface area contributed by atoms with E-state index in [1.807, 2.05) is 0 Å². The van der Waals surface area contributed by atoms with Gasteiger partial charge in [-0.3, -0.25) is 14.1 Å². The van der Waals surface area contributed by atoms with Gasteiger partial charge >= 0.3 is 21.3 Å². The van der Waals surface area contributed by atoms with Gasteiger partial charge in [-0.15, -0.1) is 0 Å². The van der Waals surface area contributed by atoms with Crippen molar-refractivity contribution in [3.8, 4) is 0 Å². The summed E-state index contributed by atoms with van der Waals surface area (Å²) in [6.45, 7) is -1.73. The number of halogens is 2. The highest BCUT2D eigenvalue weighted by atomic mass is 32.2. The van der Waals surface area contributed by atoms with E-state index >= 15 is 0 Å². The lowest BCUT2D eigenvalue weighted by Gasteiger charge is -2.51. The zero-order valence-electron chi connectivity index (χ0n) is 11.6. The molecule has 5 unspecified atom stereocenters. The highest BCUT2D eigenvalue weighted by molar-refractivity contribution is 7.86. The second kappa shape index (κ2) is 4.95. The van der Waals surface area contributed by atoms with Crippen LogP contribution in [0.25, 0.3) is 0 Å². The summed E-state index contributed by atoms with van der Waals surface area (Å²) < 4.78 is 60.0. The van der Waals surface area contributed by atoms with Gasteiger partial charge in [0.25, 0.3) is 0 Å². The molecule has 0 aromatic carbocycles. The molecule has 0 saturated heterocycles. The zero-order chi connectivity index (χ0) is 16.3. The molecule has 1 N–H and O–H groups in total. The predicted octanol–water partition coefficient (Wildman–Crippen LogP) is 1.26. The summed E-state index contributed by atoms with van der Waals surface area (Å²) in [4.78, 5) is 24.2. The Morgan fingerprint density at radius 2 is 1.95 bits per heavy atom. The third kappa shape index (κ3) is 2.44. The number of carbonyl (C=O) groups is 2. The molecule has 4 aliphatic carbocycles. The van der Waals surface area contributed by atoms with E-state index in [0.29, 0.717) is 18.8 Å². The molecular formula is C13H16F2O6S. The average molecular weight is 338 g/mol. The maximum atomic E-state index is 13.1. The van der Waals surface area contributed by atoms with E-state index in [9.17, 15) is 26.8 Å². The van der Waals surface area contributed by atoms with Gasteiger partial charge < -0.3 is 4.74 Å². The Morgan fingerprint density at radius 1 is 1.27 bits per heavy atom. The van der Waals surface area contributed by atoms with Crippen LogP contribution in [0, 0.1) is 29.6 Å². The van der Waals surface area contributed by atoms with Crippen molar-refractivity contribution in [1.29, 1.82) is 0 Å². The van der Waals surface area contributed by atoms with Gasteiger partial charge in [0.1, 0.15) is 5.78 Å². The molecule has 4 aliphatic rings. The van der Waals surface area contributed by atoms with E-state index in [0.717, 1.165) is 12.8 Å². The minimum atomic E-state index is -5.64. The molecule has 0 heterocycles. The number of hydrogen-bond donors (Lipinski definition) is 1. The molecule has 4 bridgehead atoms. The summed E-state index contributed by atoms with van der Waals surface area (Å²) in [6.07, 6.45) is 2.75. The van der Waals surface area contributed by atoms with Crippen LogP contribution in [0.2, 0.25) is 0 Å². The molecule has 0 radical (unpaired) electrons. The van der Waals surface area contributed by atoms with Crippen molar-refractivity contribution in [1.82, 2.24) is 0 Å². The molecule has 4 fully saturated rings. The van der Waals surface area contributed by atoms with Crippen LogP contribution >= 0.6 is 0 Å². The Labute approximate surface area is 125 Å². The van der Waals surface area contributed by atoms with Crippen molar-refractivity contribution in [2.45, 2.75) is 30.9 Å². The van der Waals surface area contributed by atoms with Gasteiger partial charge in [-0.1, -0.05) is 0 Å². The molecule has 5 atom stereocenters. The van der Waals surface area contributed by atoms with E-state index in [2.05, 4.69) is 4.74 Å². The van der Waals surface area contributed by atoms with Gasteiger partial charge in [-0.05, 0) is 37.5 Å². The maximum Gasteiger partial charge on any atom is 0.402 e. The van der Waals surface area contributed by atoms with Crippen LogP contribution in [0.4, 0.5) is 8.78 Å². The number of ether oxygens (including phenoxy) is 1. The van der Waals surface area contributed by atoms with Crippen LogP contribution in [-0.4, -0.2) is 36.6 Å². The van der Waals surface area contributed by atoms with Gasteiger partial charge in [0.2, 0.25) is 0 Å². The number of alkyl halides is 2. The Hall–Kier alpha value is -1.09. The lowest BCUT2D eigenvalue weighted by molar-refractivity contribution is -0.172. The minimum absolute atomic E-state index is 0.00399. The maximum absolute atomic E-state index is 13.1. The molecule has 4 saturated carbocycles. The summed E-state index contributed by atoms with van der Waals surface area (Å²) in [6, 6.07) is 0. The first-order valence-electron chi connectivity index (χ1n) is 7.15. The third-order valence-corrected chi connectivity index (χ3v) is 6.04. The summed E-state index contributed by atoms with van der Waals surface area (Å²) in [5.41, 5.74) is 0. The number of carbonyl (C=O) groups excluding carboxylic acids is 2. The van der Waals surface area contributed by atoms with Crippen molar-refractivity contribution in [2.75, 3.05) is 6.61 Å². The van der Waals surface area contributed by atoms with Crippen molar-refractivity contribution in [3.05, 3.63) is 0 Å². The third-order valence-electron chi connectivity index (χ3n) is 5.17. The lowest BCUT2D eigenvalue weighted by Crippen LogP contribution is -2.54. The second-order valence-corrected chi connectivity index (χ2v) is 8.07. The summed E-state index contributed by atoms with van der Waals surface area (Å²) in [5, 5.41) is -4.54. The number of ketones is 1. The van der Waals surface area contributed by atoms with Crippen LogP contribution in [-0.2, 0) is 24.4 Å². The van der Waals surface area contributed by atoms with E-state index in [4.69, 9.17) is 4.55 Å². The summed E-state index contributed by atoms with van der Waals surface area (Å²) in [7, 11) is -5.64. The molecule has 0 spiro atoms. The number of rotatable bonds is 4. The molecule has 9 heteroatoms. The average Bonchev–Trinajstić information content (AvgIpc) is 2.40. The molecule has 4 rings (SSSR count). The first-order chi connectivity index (χ1) is 10.1. The van der Waals surface area contributed by atoms with Crippen LogP contribution in [0.1, 0.15) is 25.7 Å². The van der Waals surface area contributed by atoms with Gasteiger partial charge in [0, 0.05) is 11.8 Å². The van der Waals surface area contributed by atoms with Crippen molar-refractivity contribution in [3.63, 3.8) is 0 Å². The standard InChI is InChI=1S/C13H16F2O6S/c14-13(15,22(18,19)20)5-21-12(17)10-7-1-6-2-8(4-7)11(16)9(10)3-6/h6-10H,1-5H2,(H,18,19,20). The molecule has 0 amide bonds. The highest BCUT2D eigenvalue weighted by Crippen LogP contribution is 2.55. The van der Waals surface area contributed by atoms with E-state index in [-0.39, 0.29) is 17.6 Å². The largest absolute Gasteiger partial charge is 0.458 e. The number of esters is 1. The highest BCUT2D eigenvalue weighted by Gasteiger charge is 2.56. The van der Waals surface area contributed by atoms with E-state index in [1.54, 1.807) is 0 Å². The van der Waals surface area contributed by atoms with E-state index < -0.39 is 39.8 Å². The molecule has 6 nitrogen and oxygen atoms in total. The van der Waals surface area contributed by atoms with Crippen molar-refractivity contribution in [2.24, 2.45) is 29.6 Å². The SMILES string of the molecule is O=C1C2CC3CC(C2)C(C(=O)OCC(F)(F)S(=O)(=O)O)C1C3. The fraction of sp³-hybridized carbons (Fsp3) is 0.846. The number of hydrogen-bond acceptors (Lipinski definition) is 5. The smallest absolute Gasteiger partial charge is 0.402 e. The molecule has 0 aromatic rings. The summed E-state index contributed by atoms with van der Waals surface area (Å²) in [5.74, 6) is -1.94. The Bertz CT molecular complexity index is 616. The first-order valence-corrected chi connectivity index (χ1v) is 8.59. The van der Waals surface area contributed by atoms with Crippen molar-refractivity contribution >= 4 is 21.9 Å². The Kier molecular flexibility index (Phi) is 3.56. The fourth-order valence-electron chi connectivity index (χ4n) is 4.32. The lowest BCUT2D eigenvalue weighted by atomic mass is 9.51. The predicted molar refractivity (Wildman–Crippen MR) is 68.4 cm³/mol. The second-order valence-electron chi connectivity index (χ2n) is 6.52. The number of Topliss-reactive ketones (excluding diaryl/α,β-unsaturated/α-hetero) is 1. The summed E-state index contributed by atoms with van der Waals surface area (Å²) >= 11 is 0. The molecule has 124 valence electrons. The van der Waals surface area contributed by atoms with Crippen molar-refractivity contribution < 1.29 is 36.1 Å². The van der Waals surface area contributed by atoms with Crippen LogP contribution in [0.15, 0.2) is 0 Å².